The van der Waals surface area contributed by atoms with Crippen LogP contribution in [0, 0.1) is 0 Å². The normalized spacial score (nSPS) is 16.0. The van der Waals surface area contributed by atoms with Crippen molar-refractivity contribution in [3.63, 3.8) is 0 Å². The molecule has 194 valence electrons. The molecule has 3 heterocycles. The number of fused-ring (bicyclic) bond motifs is 1. The number of nitrogens with zero attached hydrogens (tertiary/aromatic N) is 2. The zero-order valence-corrected chi connectivity index (χ0v) is 21.6. The molecule has 0 N–H and O–H groups in total. The Bertz CT molecular complexity index is 1210. The zero-order chi connectivity index (χ0) is 25.6. The summed E-state index contributed by atoms with van der Waals surface area (Å²) in [5.74, 6) is 1.71. The first-order valence-corrected chi connectivity index (χ1v) is 13.2. The molecule has 0 radical (unpaired) electrons. The molecule has 9 heteroatoms. The minimum Gasteiger partial charge on any atom is -0.497 e. The summed E-state index contributed by atoms with van der Waals surface area (Å²) >= 11 is 1.60. The van der Waals surface area contributed by atoms with E-state index in [2.05, 4.69) is 0 Å². The molecule has 0 saturated carbocycles. The Balaban J connectivity index is 1.36. The quantitative estimate of drug-likeness (QED) is 0.394. The molecule has 2 amide bonds. The summed E-state index contributed by atoms with van der Waals surface area (Å²) in [6, 6.07) is 16.6. The molecular formula is C28H30N2O6S. The second-order valence-electron chi connectivity index (χ2n) is 9.07. The molecule has 1 atom stereocenters. The van der Waals surface area contributed by atoms with Gasteiger partial charge < -0.3 is 28.7 Å². The van der Waals surface area contributed by atoms with Crippen LogP contribution in [0.4, 0.5) is 0 Å². The number of ether oxygens (including phenoxy) is 4. The first kappa shape index (κ1) is 25.1. The molecule has 0 bridgehead atoms. The maximum atomic E-state index is 13.7. The molecular weight excluding hydrogens is 492 g/mol. The standard InChI is InChI=1S/C28H30N2O6S/c1-33-22-9-7-21(8-10-22)28(32)30(16-23-4-2-12-34-23)18-27(31)29(17-24-5-3-13-37-24)15-20-6-11-25-26(14-20)36-19-35-25/h3,5-11,13-14,23H,2,4,12,15-19H2,1H3. The van der Waals surface area contributed by atoms with Gasteiger partial charge in [-0.3, -0.25) is 9.59 Å². The predicted molar refractivity (Wildman–Crippen MR) is 139 cm³/mol. The molecule has 1 saturated heterocycles. The van der Waals surface area contributed by atoms with Gasteiger partial charge in [0.05, 0.1) is 19.8 Å². The van der Waals surface area contributed by atoms with Crippen LogP contribution in [0.15, 0.2) is 60.0 Å². The number of carbonyl (C=O) groups excluding carboxylic acids is 2. The van der Waals surface area contributed by atoms with Gasteiger partial charge in [-0.05, 0) is 66.2 Å². The van der Waals surface area contributed by atoms with Gasteiger partial charge in [0.1, 0.15) is 12.3 Å². The number of methoxy groups -OCH3 is 1. The molecule has 1 fully saturated rings. The summed E-state index contributed by atoms with van der Waals surface area (Å²) in [4.78, 5) is 31.7. The van der Waals surface area contributed by atoms with Crippen LogP contribution in [0.25, 0.3) is 0 Å². The minimum absolute atomic E-state index is 0.0410. The predicted octanol–water partition coefficient (Wildman–Crippen LogP) is 4.34. The van der Waals surface area contributed by atoms with Gasteiger partial charge in [-0.2, -0.15) is 0 Å². The molecule has 0 spiro atoms. The highest BCUT2D eigenvalue weighted by Crippen LogP contribution is 2.33. The van der Waals surface area contributed by atoms with Crippen LogP contribution in [0.1, 0.15) is 33.6 Å². The van der Waals surface area contributed by atoms with E-state index in [1.165, 1.54) is 0 Å². The fourth-order valence-corrected chi connectivity index (χ4v) is 5.23. The van der Waals surface area contributed by atoms with Crippen molar-refractivity contribution in [1.29, 1.82) is 0 Å². The topological polar surface area (TPSA) is 77.5 Å². The Morgan fingerprint density at radius 3 is 2.59 bits per heavy atom. The number of thiophene rings is 1. The molecule has 1 aromatic heterocycles. The van der Waals surface area contributed by atoms with Gasteiger partial charge in [-0.25, -0.2) is 0 Å². The minimum atomic E-state index is -0.203. The Morgan fingerprint density at radius 2 is 1.86 bits per heavy atom. The first-order chi connectivity index (χ1) is 18.1. The van der Waals surface area contributed by atoms with Crippen LogP contribution < -0.4 is 14.2 Å². The lowest BCUT2D eigenvalue weighted by atomic mass is 10.1. The molecule has 3 aromatic rings. The van der Waals surface area contributed by atoms with Crippen molar-refractivity contribution in [3.8, 4) is 17.2 Å². The number of carbonyl (C=O) groups is 2. The molecule has 37 heavy (non-hydrogen) atoms. The van der Waals surface area contributed by atoms with Crippen molar-refractivity contribution >= 4 is 23.2 Å². The third kappa shape index (κ3) is 6.23. The fourth-order valence-electron chi connectivity index (χ4n) is 4.52. The molecule has 2 aromatic carbocycles. The molecule has 2 aliphatic heterocycles. The molecule has 8 nitrogen and oxygen atoms in total. The van der Waals surface area contributed by atoms with Gasteiger partial charge in [0, 0.05) is 30.1 Å². The highest BCUT2D eigenvalue weighted by molar-refractivity contribution is 7.09. The van der Waals surface area contributed by atoms with Gasteiger partial charge >= 0.3 is 0 Å². The van der Waals surface area contributed by atoms with E-state index in [1.807, 2.05) is 35.7 Å². The summed E-state index contributed by atoms with van der Waals surface area (Å²) in [6.07, 6.45) is 1.75. The largest absolute Gasteiger partial charge is 0.497 e. The summed E-state index contributed by atoms with van der Waals surface area (Å²) in [5, 5.41) is 2.00. The van der Waals surface area contributed by atoms with E-state index in [0.29, 0.717) is 49.1 Å². The fraction of sp³-hybridized carbons (Fsp3) is 0.357. The number of amides is 2. The van der Waals surface area contributed by atoms with Crippen molar-refractivity contribution in [3.05, 3.63) is 76.0 Å². The van der Waals surface area contributed by atoms with Crippen molar-refractivity contribution in [2.45, 2.75) is 32.0 Å². The van der Waals surface area contributed by atoms with Crippen molar-refractivity contribution < 1.29 is 28.5 Å². The Hall–Kier alpha value is -3.56. The summed E-state index contributed by atoms with van der Waals surface area (Å²) in [5.41, 5.74) is 1.44. The maximum absolute atomic E-state index is 13.7. The molecule has 1 unspecified atom stereocenters. The Kier molecular flexibility index (Phi) is 7.91. The second kappa shape index (κ2) is 11.7. The van der Waals surface area contributed by atoms with E-state index in [9.17, 15) is 9.59 Å². The monoisotopic (exact) mass is 522 g/mol. The van der Waals surface area contributed by atoms with Crippen molar-refractivity contribution in [2.24, 2.45) is 0 Å². The van der Waals surface area contributed by atoms with Gasteiger partial charge in [-0.1, -0.05) is 12.1 Å². The number of rotatable bonds is 10. The molecule has 0 aliphatic carbocycles. The van der Waals surface area contributed by atoms with Crippen molar-refractivity contribution in [1.82, 2.24) is 9.80 Å². The lowest BCUT2D eigenvalue weighted by Crippen LogP contribution is -2.45. The van der Waals surface area contributed by atoms with Crippen molar-refractivity contribution in [2.75, 3.05) is 33.6 Å². The van der Waals surface area contributed by atoms with E-state index in [1.54, 1.807) is 52.5 Å². The lowest BCUT2D eigenvalue weighted by Gasteiger charge is -2.29. The first-order valence-electron chi connectivity index (χ1n) is 12.3. The van der Waals surface area contributed by atoms with E-state index < -0.39 is 0 Å². The molecule has 2 aliphatic rings. The highest BCUT2D eigenvalue weighted by Gasteiger charge is 2.28. The third-order valence-corrected chi connectivity index (χ3v) is 7.35. The second-order valence-corrected chi connectivity index (χ2v) is 10.1. The average molecular weight is 523 g/mol. The summed E-state index contributed by atoms with van der Waals surface area (Å²) in [6.45, 7) is 2.04. The summed E-state index contributed by atoms with van der Waals surface area (Å²) < 4.78 is 22.0. The van der Waals surface area contributed by atoms with Gasteiger partial charge in [-0.15, -0.1) is 11.3 Å². The van der Waals surface area contributed by atoms with Gasteiger partial charge in [0.25, 0.3) is 5.91 Å². The van der Waals surface area contributed by atoms with Crippen LogP contribution in [0.2, 0.25) is 0 Å². The van der Waals surface area contributed by atoms with E-state index >= 15 is 0 Å². The third-order valence-electron chi connectivity index (χ3n) is 6.49. The summed E-state index contributed by atoms with van der Waals surface area (Å²) in [7, 11) is 1.58. The Labute approximate surface area is 220 Å². The van der Waals surface area contributed by atoms with Crippen LogP contribution in [-0.2, 0) is 22.6 Å². The SMILES string of the molecule is COc1ccc(C(=O)N(CC(=O)N(Cc2ccc3c(c2)OCO3)Cc2cccs2)CC2CCCO2)cc1. The maximum Gasteiger partial charge on any atom is 0.254 e. The number of benzene rings is 2. The van der Waals surface area contributed by atoms with Crippen LogP contribution in [0.3, 0.4) is 0 Å². The Morgan fingerprint density at radius 1 is 1.03 bits per heavy atom. The van der Waals surface area contributed by atoms with Gasteiger partial charge in [0.2, 0.25) is 12.7 Å². The van der Waals surface area contributed by atoms with Crippen LogP contribution >= 0.6 is 11.3 Å². The van der Waals surface area contributed by atoms with Crippen LogP contribution in [-0.4, -0.2) is 61.3 Å². The number of hydrogen-bond donors (Lipinski definition) is 0. The number of hydrogen-bond acceptors (Lipinski definition) is 7. The smallest absolute Gasteiger partial charge is 0.254 e. The average Bonchev–Trinajstić information content (AvgIpc) is 3.71. The zero-order valence-electron chi connectivity index (χ0n) is 20.8. The van der Waals surface area contributed by atoms with Crippen LogP contribution in [0.5, 0.6) is 17.2 Å². The molecule has 5 rings (SSSR count). The van der Waals surface area contributed by atoms with E-state index in [0.717, 1.165) is 23.3 Å². The highest BCUT2D eigenvalue weighted by atomic mass is 32.1. The van der Waals surface area contributed by atoms with E-state index in [-0.39, 0.29) is 31.3 Å². The van der Waals surface area contributed by atoms with Gasteiger partial charge in [0.15, 0.2) is 11.5 Å². The lowest BCUT2D eigenvalue weighted by molar-refractivity contribution is -0.133. The van der Waals surface area contributed by atoms with E-state index in [4.69, 9.17) is 18.9 Å².